The van der Waals surface area contributed by atoms with Crippen molar-refractivity contribution in [2.24, 2.45) is 0 Å². The number of benzene rings is 2. The summed E-state index contributed by atoms with van der Waals surface area (Å²) in [6.07, 6.45) is 0.705. The summed E-state index contributed by atoms with van der Waals surface area (Å²) in [4.78, 5) is 12.3. The van der Waals surface area contributed by atoms with E-state index in [1.807, 2.05) is 0 Å². The highest BCUT2D eigenvalue weighted by Gasteiger charge is 2.11. The lowest BCUT2D eigenvalue weighted by molar-refractivity contribution is -0.115. The van der Waals surface area contributed by atoms with Gasteiger partial charge in [-0.1, -0.05) is 29.5 Å². The molecular weight excluding hydrogens is 369 g/mol. The van der Waals surface area contributed by atoms with Crippen molar-refractivity contribution in [1.29, 1.82) is 0 Å². The molecule has 0 saturated carbocycles. The average Bonchev–Trinajstić information content (AvgIpc) is 3.10. The second kappa shape index (κ2) is 8.59. The molecule has 0 aliphatic rings. The van der Waals surface area contributed by atoms with E-state index in [0.29, 0.717) is 23.1 Å². The molecule has 0 spiro atoms. The molecule has 0 aliphatic heterocycles. The first-order chi connectivity index (χ1) is 13.1. The maximum atomic E-state index is 13.0. The summed E-state index contributed by atoms with van der Waals surface area (Å²) in [7, 11) is 3.11. The summed E-state index contributed by atoms with van der Waals surface area (Å²) in [5.41, 5.74) is 1.72. The number of halogens is 1. The SMILES string of the molecule is COc1ccc(CC(=O)Nc2nnc(Cc3ccc(F)cc3)s2)cc1OC. The molecule has 0 bridgehead atoms. The van der Waals surface area contributed by atoms with Crippen molar-refractivity contribution in [1.82, 2.24) is 10.2 Å². The van der Waals surface area contributed by atoms with Gasteiger partial charge in [0.15, 0.2) is 11.5 Å². The van der Waals surface area contributed by atoms with Gasteiger partial charge in [-0.3, -0.25) is 4.79 Å². The molecule has 1 amide bonds. The third kappa shape index (κ3) is 5.01. The quantitative estimate of drug-likeness (QED) is 0.672. The largest absolute Gasteiger partial charge is 0.493 e. The van der Waals surface area contributed by atoms with Crippen LogP contribution in [0.15, 0.2) is 42.5 Å². The van der Waals surface area contributed by atoms with Crippen LogP contribution in [0.4, 0.5) is 9.52 Å². The van der Waals surface area contributed by atoms with E-state index < -0.39 is 0 Å². The van der Waals surface area contributed by atoms with Gasteiger partial charge >= 0.3 is 0 Å². The molecule has 0 atom stereocenters. The van der Waals surface area contributed by atoms with Gasteiger partial charge in [-0.25, -0.2) is 4.39 Å². The third-order valence-electron chi connectivity index (χ3n) is 3.79. The predicted octanol–water partition coefficient (Wildman–Crippen LogP) is 3.47. The first-order valence-corrected chi connectivity index (χ1v) is 8.96. The van der Waals surface area contributed by atoms with Crippen LogP contribution in [0.2, 0.25) is 0 Å². The highest BCUT2D eigenvalue weighted by molar-refractivity contribution is 7.15. The van der Waals surface area contributed by atoms with E-state index in [0.717, 1.165) is 16.1 Å². The molecule has 0 fully saturated rings. The molecule has 3 rings (SSSR count). The molecule has 0 aliphatic carbocycles. The first-order valence-electron chi connectivity index (χ1n) is 8.15. The van der Waals surface area contributed by atoms with Crippen molar-refractivity contribution in [3.63, 3.8) is 0 Å². The fourth-order valence-corrected chi connectivity index (χ4v) is 3.28. The van der Waals surface area contributed by atoms with E-state index >= 15 is 0 Å². The molecule has 8 heteroatoms. The summed E-state index contributed by atoms with van der Waals surface area (Å²) in [5.74, 6) is 0.697. The Hall–Kier alpha value is -3.00. The monoisotopic (exact) mass is 387 g/mol. The summed E-state index contributed by atoms with van der Waals surface area (Å²) < 4.78 is 23.4. The van der Waals surface area contributed by atoms with Gasteiger partial charge in [0, 0.05) is 6.42 Å². The summed E-state index contributed by atoms with van der Waals surface area (Å²) >= 11 is 1.29. The number of carbonyl (C=O) groups is 1. The van der Waals surface area contributed by atoms with Gasteiger partial charge in [0.2, 0.25) is 11.0 Å². The number of carbonyl (C=O) groups excluding carboxylic acids is 1. The highest BCUT2D eigenvalue weighted by Crippen LogP contribution is 2.28. The second-order valence-electron chi connectivity index (χ2n) is 5.72. The zero-order valence-corrected chi connectivity index (χ0v) is 15.7. The summed E-state index contributed by atoms with van der Waals surface area (Å²) in [6, 6.07) is 11.5. The maximum Gasteiger partial charge on any atom is 0.230 e. The molecule has 0 unspecified atom stereocenters. The average molecular weight is 387 g/mol. The molecule has 1 aromatic heterocycles. The van der Waals surface area contributed by atoms with E-state index in [1.54, 1.807) is 44.6 Å². The topological polar surface area (TPSA) is 73.3 Å². The first kappa shape index (κ1) is 18.8. The van der Waals surface area contributed by atoms with Crippen LogP contribution in [0.25, 0.3) is 0 Å². The minimum atomic E-state index is -0.279. The molecule has 1 N–H and O–H groups in total. The molecule has 3 aromatic rings. The number of hydrogen-bond acceptors (Lipinski definition) is 6. The lowest BCUT2D eigenvalue weighted by atomic mass is 10.1. The van der Waals surface area contributed by atoms with E-state index in [1.165, 1.54) is 23.5 Å². The number of anilines is 1. The molecule has 0 saturated heterocycles. The van der Waals surface area contributed by atoms with Crippen molar-refractivity contribution < 1.29 is 18.7 Å². The number of methoxy groups -OCH3 is 2. The normalized spacial score (nSPS) is 10.5. The zero-order valence-electron chi connectivity index (χ0n) is 14.9. The Kier molecular flexibility index (Phi) is 5.97. The van der Waals surface area contributed by atoms with Crippen molar-refractivity contribution in [3.05, 3.63) is 64.4 Å². The second-order valence-corrected chi connectivity index (χ2v) is 6.78. The number of nitrogens with zero attached hydrogens (tertiary/aromatic N) is 2. The fraction of sp³-hybridized carbons (Fsp3) is 0.211. The van der Waals surface area contributed by atoms with Gasteiger partial charge in [0.05, 0.1) is 20.6 Å². The number of ether oxygens (including phenoxy) is 2. The van der Waals surface area contributed by atoms with Crippen LogP contribution < -0.4 is 14.8 Å². The Labute approximate surface area is 160 Å². The number of aromatic nitrogens is 2. The standard InChI is InChI=1S/C19H18FN3O3S/c1-25-15-8-5-13(9-16(15)26-2)10-17(24)21-19-23-22-18(27-19)11-12-3-6-14(20)7-4-12/h3-9H,10-11H2,1-2H3,(H,21,23,24). The molecule has 27 heavy (non-hydrogen) atoms. The van der Waals surface area contributed by atoms with E-state index in [9.17, 15) is 9.18 Å². The van der Waals surface area contributed by atoms with Crippen LogP contribution in [0.1, 0.15) is 16.1 Å². The molecule has 0 radical (unpaired) electrons. The van der Waals surface area contributed by atoms with Gasteiger partial charge in [-0.15, -0.1) is 10.2 Å². The van der Waals surface area contributed by atoms with Crippen molar-refractivity contribution >= 4 is 22.4 Å². The lowest BCUT2D eigenvalue weighted by Gasteiger charge is -2.09. The van der Waals surface area contributed by atoms with Crippen LogP contribution in [0.5, 0.6) is 11.5 Å². The third-order valence-corrected chi connectivity index (χ3v) is 4.63. The smallest absolute Gasteiger partial charge is 0.230 e. The Morgan fingerprint density at radius 2 is 1.74 bits per heavy atom. The van der Waals surface area contributed by atoms with Crippen LogP contribution in [-0.2, 0) is 17.6 Å². The summed E-state index contributed by atoms with van der Waals surface area (Å²) in [6.45, 7) is 0. The van der Waals surface area contributed by atoms with Gasteiger partial charge in [0.1, 0.15) is 10.8 Å². The molecule has 6 nitrogen and oxygen atoms in total. The lowest BCUT2D eigenvalue weighted by Crippen LogP contribution is -2.14. The predicted molar refractivity (Wildman–Crippen MR) is 101 cm³/mol. The molecule has 1 heterocycles. The fourth-order valence-electron chi connectivity index (χ4n) is 2.49. The zero-order chi connectivity index (χ0) is 19.2. The van der Waals surface area contributed by atoms with Crippen LogP contribution in [-0.4, -0.2) is 30.3 Å². The Morgan fingerprint density at radius 1 is 1.04 bits per heavy atom. The molecule has 2 aromatic carbocycles. The minimum Gasteiger partial charge on any atom is -0.493 e. The van der Waals surface area contributed by atoms with Crippen LogP contribution in [0.3, 0.4) is 0 Å². The van der Waals surface area contributed by atoms with Crippen molar-refractivity contribution in [2.75, 3.05) is 19.5 Å². The number of amides is 1. The van der Waals surface area contributed by atoms with Crippen LogP contribution in [0, 0.1) is 5.82 Å². The van der Waals surface area contributed by atoms with Gasteiger partial charge in [-0.2, -0.15) is 0 Å². The number of hydrogen-bond donors (Lipinski definition) is 1. The Morgan fingerprint density at radius 3 is 2.44 bits per heavy atom. The van der Waals surface area contributed by atoms with E-state index in [2.05, 4.69) is 15.5 Å². The summed E-state index contributed by atoms with van der Waals surface area (Å²) in [5, 5.41) is 12.0. The minimum absolute atomic E-state index is 0.174. The van der Waals surface area contributed by atoms with Crippen molar-refractivity contribution in [2.45, 2.75) is 12.8 Å². The van der Waals surface area contributed by atoms with E-state index in [4.69, 9.17) is 9.47 Å². The Bertz CT molecular complexity index is 928. The van der Waals surface area contributed by atoms with Gasteiger partial charge in [0.25, 0.3) is 0 Å². The number of rotatable bonds is 7. The van der Waals surface area contributed by atoms with Crippen molar-refractivity contribution in [3.8, 4) is 11.5 Å². The van der Waals surface area contributed by atoms with Crippen LogP contribution >= 0.6 is 11.3 Å². The maximum absolute atomic E-state index is 13.0. The van der Waals surface area contributed by atoms with Gasteiger partial charge < -0.3 is 14.8 Å². The Balaban J connectivity index is 1.60. The molecular formula is C19H18FN3O3S. The highest BCUT2D eigenvalue weighted by atomic mass is 32.1. The number of nitrogens with one attached hydrogen (secondary N) is 1. The van der Waals surface area contributed by atoms with E-state index in [-0.39, 0.29) is 18.1 Å². The van der Waals surface area contributed by atoms with Gasteiger partial charge in [-0.05, 0) is 35.4 Å². The molecule has 140 valence electrons.